The molecule has 0 unspecified atom stereocenters. The van der Waals surface area contributed by atoms with Crippen molar-refractivity contribution in [2.45, 2.75) is 0 Å². The highest BCUT2D eigenvalue weighted by Gasteiger charge is 2.25. The van der Waals surface area contributed by atoms with Crippen molar-refractivity contribution in [1.82, 2.24) is 5.32 Å². The van der Waals surface area contributed by atoms with Gasteiger partial charge in [0.15, 0.2) is 5.17 Å². The van der Waals surface area contributed by atoms with E-state index < -0.39 is 0 Å². The smallest absolute Gasteiger partial charge is 0.264 e. The van der Waals surface area contributed by atoms with E-state index in [1.165, 1.54) is 11.8 Å². The molecular weight excluding hydrogens is 476 g/mol. The molecule has 0 aliphatic carbocycles. The molecule has 1 aromatic heterocycles. The largest absolute Gasteiger partial charge is 0.494 e. The van der Waals surface area contributed by atoms with Gasteiger partial charge in [-0.1, -0.05) is 39.7 Å². The summed E-state index contributed by atoms with van der Waals surface area (Å²) in [6.45, 7) is 0. The van der Waals surface area contributed by atoms with E-state index in [1.807, 2.05) is 36.4 Å². The van der Waals surface area contributed by atoms with Crippen LogP contribution in [0.25, 0.3) is 17.4 Å². The highest BCUT2D eigenvalue weighted by atomic mass is 79.9. The highest BCUT2D eigenvalue weighted by molar-refractivity contribution is 9.10. The van der Waals surface area contributed by atoms with Gasteiger partial charge in [-0.05, 0) is 54.2 Å². The van der Waals surface area contributed by atoms with E-state index in [0.29, 0.717) is 32.3 Å². The van der Waals surface area contributed by atoms with Crippen LogP contribution in [0.1, 0.15) is 5.76 Å². The molecule has 1 N–H and O–H groups in total. The highest BCUT2D eigenvalue weighted by Crippen LogP contribution is 2.34. The molecule has 8 heteroatoms. The van der Waals surface area contributed by atoms with E-state index in [9.17, 15) is 4.79 Å². The Morgan fingerprint density at radius 2 is 1.97 bits per heavy atom. The van der Waals surface area contributed by atoms with E-state index in [0.717, 1.165) is 15.8 Å². The lowest BCUT2D eigenvalue weighted by atomic mass is 10.2. The summed E-state index contributed by atoms with van der Waals surface area (Å²) < 4.78 is 12.2. The number of carbonyl (C=O) groups excluding carboxylic acids is 1. The molecule has 0 atom stereocenters. The number of amides is 1. The minimum absolute atomic E-state index is 0.240. The Labute approximate surface area is 184 Å². The van der Waals surface area contributed by atoms with Gasteiger partial charge in [-0.25, -0.2) is 4.99 Å². The van der Waals surface area contributed by atoms with Gasteiger partial charge < -0.3 is 14.5 Å². The summed E-state index contributed by atoms with van der Waals surface area (Å²) in [6.07, 6.45) is 1.69. The maximum atomic E-state index is 12.3. The van der Waals surface area contributed by atoms with Gasteiger partial charge in [-0.15, -0.1) is 0 Å². The topological polar surface area (TPSA) is 63.8 Å². The predicted molar refractivity (Wildman–Crippen MR) is 121 cm³/mol. The average Bonchev–Trinajstić information content (AvgIpc) is 3.30. The molecule has 1 saturated heterocycles. The van der Waals surface area contributed by atoms with Crippen LogP contribution in [0.3, 0.4) is 0 Å². The first-order valence-electron chi connectivity index (χ1n) is 8.51. The summed E-state index contributed by atoms with van der Waals surface area (Å²) in [5.74, 6) is 1.64. The van der Waals surface area contributed by atoms with Crippen molar-refractivity contribution in [2.24, 2.45) is 4.99 Å². The number of thioether (sulfide) groups is 1. The number of hydrogen-bond acceptors (Lipinski definition) is 5. The summed E-state index contributed by atoms with van der Waals surface area (Å²) in [6, 6.07) is 16.6. The quantitative estimate of drug-likeness (QED) is 0.439. The first kappa shape index (κ1) is 19.8. The summed E-state index contributed by atoms with van der Waals surface area (Å²) in [4.78, 5) is 17.3. The second-order valence-electron chi connectivity index (χ2n) is 6.01. The SMILES string of the molecule is COc1ccc(Cl)cc1N=C1NC(=O)/C(=C/c2ccc(-c3ccc(Br)cc3)o2)S1. The first-order valence-corrected chi connectivity index (χ1v) is 10.5. The van der Waals surface area contributed by atoms with Crippen molar-refractivity contribution in [1.29, 1.82) is 0 Å². The van der Waals surface area contributed by atoms with Gasteiger partial charge in [-0.3, -0.25) is 4.79 Å². The van der Waals surface area contributed by atoms with E-state index in [1.54, 1.807) is 31.4 Å². The Hall–Kier alpha value is -2.48. The number of ether oxygens (including phenoxy) is 1. The third-order valence-electron chi connectivity index (χ3n) is 4.04. The van der Waals surface area contributed by atoms with Gasteiger partial charge in [0.2, 0.25) is 0 Å². The lowest BCUT2D eigenvalue weighted by Crippen LogP contribution is -2.19. The van der Waals surface area contributed by atoms with Crippen LogP contribution in [0, 0.1) is 0 Å². The number of nitrogens with one attached hydrogen (secondary N) is 1. The summed E-state index contributed by atoms with van der Waals surface area (Å²) >= 11 is 10.7. The number of hydrogen-bond donors (Lipinski definition) is 1. The fourth-order valence-electron chi connectivity index (χ4n) is 2.67. The Morgan fingerprint density at radius 3 is 2.72 bits per heavy atom. The molecule has 0 spiro atoms. The molecular formula is C21H14BrClN2O3S. The molecule has 5 nitrogen and oxygen atoms in total. The van der Waals surface area contributed by atoms with Crippen LogP contribution in [0.2, 0.25) is 5.02 Å². The van der Waals surface area contributed by atoms with Crippen LogP contribution in [0.4, 0.5) is 5.69 Å². The summed E-state index contributed by atoms with van der Waals surface area (Å²) in [5, 5.41) is 3.73. The molecule has 1 amide bonds. The molecule has 0 bridgehead atoms. The van der Waals surface area contributed by atoms with Crippen LogP contribution >= 0.6 is 39.3 Å². The second kappa shape index (κ2) is 8.49. The monoisotopic (exact) mass is 488 g/mol. The zero-order valence-electron chi connectivity index (χ0n) is 15.1. The van der Waals surface area contributed by atoms with Crippen molar-refractivity contribution in [3.05, 3.63) is 74.8 Å². The van der Waals surface area contributed by atoms with Crippen LogP contribution in [0.5, 0.6) is 5.75 Å². The van der Waals surface area contributed by atoms with E-state index in [-0.39, 0.29) is 5.91 Å². The zero-order chi connectivity index (χ0) is 20.4. The normalized spacial score (nSPS) is 16.4. The van der Waals surface area contributed by atoms with Crippen LogP contribution in [-0.4, -0.2) is 18.2 Å². The molecule has 4 rings (SSSR count). The Morgan fingerprint density at radius 1 is 1.17 bits per heavy atom. The van der Waals surface area contributed by atoms with Crippen molar-refractivity contribution in [2.75, 3.05) is 7.11 Å². The lowest BCUT2D eigenvalue weighted by molar-refractivity contribution is -0.115. The molecule has 0 saturated carbocycles. The average molecular weight is 490 g/mol. The number of furan rings is 1. The molecule has 146 valence electrons. The summed E-state index contributed by atoms with van der Waals surface area (Å²) in [5.41, 5.74) is 1.50. The number of benzene rings is 2. The third kappa shape index (κ3) is 4.58. The van der Waals surface area contributed by atoms with Gasteiger partial charge in [-0.2, -0.15) is 0 Å². The molecule has 2 heterocycles. The minimum Gasteiger partial charge on any atom is -0.494 e. The maximum Gasteiger partial charge on any atom is 0.264 e. The molecule has 1 fully saturated rings. The number of nitrogens with zero attached hydrogens (tertiary/aromatic N) is 1. The van der Waals surface area contributed by atoms with Crippen molar-refractivity contribution < 1.29 is 13.9 Å². The van der Waals surface area contributed by atoms with Gasteiger partial charge >= 0.3 is 0 Å². The molecule has 1 aliphatic rings. The van der Waals surface area contributed by atoms with Crippen molar-refractivity contribution in [3.8, 4) is 17.1 Å². The molecule has 2 aromatic carbocycles. The van der Waals surface area contributed by atoms with Crippen LogP contribution in [-0.2, 0) is 4.79 Å². The molecule has 29 heavy (non-hydrogen) atoms. The molecule has 3 aromatic rings. The first-order chi connectivity index (χ1) is 14.0. The van der Waals surface area contributed by atoms with Gasteiger partial charge in [0.1, 0.15) is 23.0 Å². The zero-order valence-corrected chi connectivity index (χ0v) is 18.3. The Kier molecular flexibility index (Phi) is 5.80. The molecule has 0 radical (unpaired) electrons. The van der Waals surface area contributed by atoms with E-state index in [4.69, 9.17) is 20.8 Å². The van der Waals surface area contributed by atoms with Crippen molar-refractivity contribution >= 4 is 62.1 Å². The summed E-state index contributed by atoms with van der Waals surface area (Å²) in [7, 11) is 1.55. The standard InChI is InChI=1S/C21H14BrClN2O3S/c1-27-18-8-6-14(23)10-16(18)24-21-25-20(26)19(29-21)11-15-7-9-17(28-15)12-2-4-13(22)5-3-12/h2-11H,1H3,(H,24,25,26)/b19-11-. The van der Waals surface area contributed by atoms with E-state index >= 15 is 0 Å². The van der Waals surface area contributed by atoms with Crippen LogP contribution < -0.4 is 10.1 Å². The van der Waals surface area contributed by atoms with E-state index in [2.05, 4.69) is 26.2 Å². The minimum atomic E-state index is -0.240. The fourth-order valence-corrected chi connectivity index (χ4v) is 3.91. The third-order valence-corrected chi connectivity index (χ3v) is 5.72. The lowest BCUT2D eigenvalue weighted by Gasteiger charge is -2.04. The number of amidine groups is 1. The number of methoxy groups -OCH3 is 1. The number of rotatable bonds is 4. The maximum absolute atomic E-state index is 12.3. The van der Waals surface area contributed by atoms with Gasteiger partial charge in [0, 0.05) is 21.1 Å². The number of halogens is 2. The fraction of sp³-hybridized carbons (Fsp3) is 0.0476. The van der Waals surface area contributed by atoms with Gasteiger partial charge in [0.05, 0.1) is 12.0 Å². The number of carbonyl (C=O) groups is 1. The number of aliphatic imine (C=N–C) groups is 1. The second-order valence-corrected chi connectivity index (χ2v) is 8.39. The van der Waals surface area contributed by atoms with Gasteiger partial charge in [0.25, 0.3) is 5.91 Å². The van der Waals surface area contributed by atoms with Crippen LogP contribution in [0.15, 0.2) is 73.4 Å². The predicted octanol–water partition coefficient (Wildman–Crippen LogP) is 6.26. The molecule has 1 aliphatic heterocycles. The Bertz CT molecular complexity index is 1140. The Balaban J connectivity index is 1.56. The van der Waals surface area contributed by atoms with Crippen molar-refractivity contribution in [3.63, 3.8) is 0 Å².